The number of carbonyl (C=O) groups is 1. The molecular formula is C20H26N2O. The number of para-hydroxylation sites is 1. The quantitative estimate of drug-likeness (QED) is 0.801. The summed E-state index contributed by atoms with van der Waals surface area (Å²) in [7, 11) is 0. The average molecular weight is 310 g/mol. The highest BCUT2D eigenvalue weighted by atomic mass is 16.1. The van der Waals surface area contributed by atoms with Crippen LogP contribution in [0.4, 0.5) is 5.69 Å². The van der Waals surface area contributed by atoms with Gasteiger partial charge in [0.25, 0.3) is 0 Å². The minimum atomic E-state index is -0.0882. The van der Waals surface area contributed by atoms with Crippen molar-refractivity contribution in [2.24, 2.45) is 0 Å². The van der Waals surface area contributed by atoms with E-state index in [1.165, 1.54) is 11.1 Å². The Morgan fingerprint density at radius 3 is 2.39 bits per heavy atom. The molecule has 0 bridgehead atoms. The van der Waals surface area contributed by atoms with E-state index in [-0.39, 0.29) is 11.3 Å². The Bertz CT molecular complexity index is 660. The SMILES string of the molecule is Cc1ccc(C(C)(C)CNC(=O)CCc2ccccc2N)cc1. The molecule has 0 aliphatic heterocycles. The Balaban J connectivity index is 1.86. The van der Waals surface area contributed by atoms with Gasteiger partial charge < -0.3 is 11.1 Å². The van der Waals surface area contributed by atoms with E-state index < -0.39 is 0 Å². The molecule has 0 spiro atoms. The van der Waals surface area contributed by atoms with Gasteiger partial charge in [0.1, 0.15) is 0 Å². The molecular weight excluding hydrogens is 284 g/mol. The minimum absolute atomic E-state index is 0.0634. The summed E-state index contributed by atoms with van der Waals surface area (Å²) in [6.07, 6.45) is 1.13. The van der Waals surface area contributed by atoms with Gasteiger partial charge in [-0.1, -0.05) is 61.9 Å². The molecule has 122 valence electrons. The maximum Gasteiger partial charge on any atom is 0.220 e. The van der Waals surface area contributed by atoms with Crippen molar-refractivity contribution >= 4 is 11.6 Å². The van der Waals surface area contributed by atoms with Crippen molar-refractivity contribution in [1.82, 2.24) is 5.32 Å². The first-order valence-corrected chi connectivity index (χ1v) is 8.06. The zero-order valence-corrected chi connectivity index (χ0v) is 14.2. The van der Waals surface area contributed by atoms with E-state index in [2.05, 4.69) is 50.4 Å². The molecule has 0 fully saturated rings. The first-order chi connectivity index (χ1) is 10.9. The Hall–Kier alpha value is -2.29. The second kappa shape index (κ2) is 7.32. The molecule has 0 atom stereocenters. The van der Waals surface area contributed by atoms with Crippen LogP contribution >= 0.6 is 0 Å². The van der Waals surface area contributed by atoms with Gasteiger partial charge in [-0.2, -0.15) is 0 Å². The van der Waals surface area contributed by atoms with Crippen LogP contribution in [0.2, 0.25) is 0 Å². The molecule has 2 rings (SSSR count). The number of nitrogens with one attached hydrogen (secondary N) is 1. The van der Waals surface area contributed by atoms with E-state index in [1.54, 1.807) is 0 Å². The minimum Gasteiger partial charge on any atom is -0.399 e. The van der Waals surface area contributed by atoms with Crippen molar-refractivity contribution in [3.05, 3.63) is 65.2 Å². The predicted molar refractivity (Wildman–Crippen MR) is 96.4 cm³/mol. The average Bonchev–Trinajstić information content (AvgIpc) is 2.53. The van der Waals surface area contributed by atoms with Gasteiger partial charge in [0.2, 0.25) is 5.91 Å². The van der Waals surface area contributed by atoms with Crippen LogP contribution in [0.3, 0.4) is 0 Å². The topological polar surface area (TPSA) is 55.1 Å². The van der Waals surface area contributed by atoms with Crippen LogP contribution in [0.1, 0.15) is 37.0 Å². The molecule has 1 amide bonds. The van der Waals surface area contributed by atoms with Crippen molar-refractivity contribution in [2.45, 2.75) is 39.0 Å². The fraction of sp³-hybridized carbons (Fsp3) is 0.350. The van der Waals surface area contributed by atoms with Crippen molar-refractivity contribution in [2.75, 3.05) is 12.3 Å². The molecule has 0 aliphatic carbocycles. The Morgan fingerprint density at radius 2 is 1.74 bits per heavy atom. The number of rotatable bonds is 6. The second-order valence-electron chi connectivity index (χ2n) is 6.73. The number of amides is 1. The summed E-state index contributed by atoms with van der Waals surface area (Å²) in [5, 5.41) is 3.05. The van der Waals surface area contributed by atoms with Crippen molar-refractivity contribution in [1.29, 1.82) is 0 Å². The van der Waals surface area contributed by atoms with Crippen LogP contribution in [-0.2, 0) is 16.6 Å². The molecule has 0 radical (unpaired) electrons. The number of hydrogen-bond acceptors (Lipinski definition) is 2. The predicted octanol–water partition coefficient (Wildman–Crippen LogP) is 3.60. The Morgan fingerprint density at radius 1 is 1.09 bits per heavy atom. The fourth-order valence-corrected chi connectivity index (χ4v) is 2.52. The normalized spacial score (nSPS) is 11.3. The molecule has 0 aliphatic rings. The van der Waals surface area contributed by atoms with E-state index in [1.807, 2.05) is 24.3 Å². The largest absolute Gasteiger partial charge is 0.399 e. The monoisotopic (exact) mass is 310 g/mol. The number of hydrogen-bond donors (Lipinski definition) is 2. The third-order valence-electron chi connectivity index (χ3n) is 4.24. The standard InChI is InChI=1S/C20H26N2O/c1-15-8-11-17(12-9-15)20(2,3)14-22-19(23)13-10-16-6-4-5-7-18(16)21/h4-9,11-12H,10,13-14,21H2,1-3H3,(H,22,23). The van der Waals surface area contributed by atoms with E-state index in [0.29, 0.717) is 19.4 Å². The van der Waals surface area contributed by atoms with E-state index in [9.17, 15) is 4.79 Å². The Kier molecular flexibility index (Phi) is 5.43. The maximum atomic E-state index is 12.1. The van der Waals surface area contributed by atoms with Gasteiger partial charge in [-0.05, 0) is 30.5 Å². The highest BCUT2D eigenvalue weighted by molar-refractivity contribution is 5.76. The van der Waals surface area contributed by atoms with E-state index >= 15 is 0 Å². The number of carbonyl (C=O) groups excluding carboxylic acids is 1. The van der Waals surface area contributed by atoms with Crippen molar-refractivity contribution in [3.8, 4) is 0 Å². The van der Waals surface area contributed by atoms with E-state index in [0.717, 1.165) is 11.3 Å². The smallest absolute Gasteiger partial charge is 0.220 e. The van der Waals surface area contributed by atoms with Gasteiger partial charge in [0, 0.05) is 24.1 Å². The lowest BCUT2D eigenvalue weighted by molar-refractivity contribution is -0.121. The fourth-order valence-electron chi connectivity index (χ4n) is 2.52. The number of anilines is 1. The van der Waals surface area contributed by atoms with Crippen molar-refractivity contribution in [3.63, 3.8) is 0 Å². The number of benzene rings is 2. The molecule has 2 aromatic rings. The molecule has 0 saturated carbocycles. The van der Waals surface area contributed by atoms with E-state index in [4.69, 9.17) is 5.73 Å². The highest BCUT2D eigenvalue weighted by Gasteiger charge is 2.21. The van der Waals surface area contributed by atoms with Crippen LogP contribution in [0.5, 0.6) is 0 Å². The third kappa shape index (κ3) is 4.85. The van der Waals surface area contributed by atoms with Gasteiger partial charge in [0.05, 0.1) is 0 Å². The van der Waals surface area contributed by atoms with Crippen LogP contribution in [-0.4, -0.2) is 12.5 Å². The maximum absolute atomic E-state index is 12.1. The lowest BCUT2D eigenvalue weighted by Gasteiger charge is -2.26. The Labute approximate surface area is 138 Å². The zero-order chi connectivity index (χ0) is 16.9. The molecule has 2 aromatic carbocycles. The van der Waals surface area contributed by atoms with Crippen LogP contribution < -0.4 is 11.1 Å². The summed E-state index contributed by atoms with van der Waals surface area (Å²) in [5.74, 6) is 0.0634. The lowest BCUT2D eigenvalue weighted by atomic mass is 9.84. The van der Waals surface area contributed by atoms with Crippen molar-refractivity contribution < 1.29 is 4.79 Å². The van der Waals surface area contributed by atoms with Gasteiger partial charge in [-0.3, -0.25) is 4.79 Å². The number of nitrogens with two attached hydrogens (primary N) is 1. The zero-order valence-electron chi connectivity index (χ0n) is 14.2. The first kappa shape index (κ1) is 17.1. The van der Waals surface area contributed by atoms with Gasteiger partial charge in [0.15, 0.2) is 0 Å². The third-order valence-corrected chi connectivity index (χ3v) is 4.24. The molecule has 3 heteroatoms. The van der Waals surface area contributed by atoms with Crippen LogP contribution in [0.25, 0.3) is 0 Å². The summed E-state index contributed by atoms with van der Waals surface area (Å²) >= 11 is 0. The molecule has 3 N–H and O–H groups in total. The molecule has 23 heavy (non-hydrogen) atoms. The lowest BCUT2D eigenvalue weighted by Crippen LogP contribution is -2.36. The second-order valence-corrected chi connectivity index (χ2v) is 6.73. The van der Waals surface area contributed by atoms with Gasteiger partial charge >= 0.3 is 0 Å². The summed E-state index contributed by atoms with van der Waals surface area (Å²) < 4.78 is 0. The highest BCUT2D eigenvalue weighted by Crippen LogP contribution is 2.22. The summed E-state index contributed by atoms with van der Waals surface area (Å²) in [5.41, 5.74) is 10.1. The first-order valence-electron chi connectivity index (χ1n) is 8.06. The van der Waals surface area contributed by atoms with Gasteiger partial charge in [-0.25, -0.2) is 0 Å². The molecule has 0 saturated heterocycles. The summed E-state index contributed by atoms with van der Waals surface area (Å²) in [6.45, 7) is 6.99. The van der Waals surface area contributed by atoms with Gasteiger partial charge in [-0.15, -0.1) is 0 Å². The van der Waals surface area contributed by atoms with Crippen LogP contribution in [0.15, 0.2) is 48.5 Å². The number of nitrogen functional groups attached to an aromatic ring is 1. The summed E-state index contributed by atoms with van der Waals surface area (Å²) in [6, 6.07) is 16.2. The number of aryl methyl sites for hydroxylation is 2. The molecule has 0 aromatic heterocycles. The van der Waals surface area contributed by atoms with Crippen LogP contribution in [0, 0.1) is 6.92 Å². The molecule has 0 unspecified atom stereocenters. The molecule has 3 nitrogen and oxygen atoms in total. The summed E-state index contributed by atoms with van der Waals surface area (Å²) in [4.78, 5) is 12.1. The molecule has 0 heterocycles.